The standard InChI is InChI=1S/C12H11ClO7/c13-8-3-1-7(2-4-8)11(19-5-9(14)15)12(18)20-6-10(16)17/h1-4,11H,5-6H2,(H,14,15)(H,16,17)/t11-/m1/s1. The molecule has 1 atom stereocenters. The Morgan fingerprint density at radius 2 is 1.60 bits per heavy atom. The van der Waals surface area contributed by atoms with Crippen LogP contribution in [-0.4, -0.2) is 41.3 Å². The number of esters is 1. The molecular formula is C12H11ClO7. The minimum absolute atomic E-state index is 0.311. The zero-order chi connectivity index (χ0) is 15.1. The first-order chi connectivity index (χ1) is 9.40. The summed E-state index contributed by atoms with van der Waals surface area (Å²) in [4.78, 5) is 32.5. The van der Waals surface area contributed by atoms with Gasteiger partial charge in [-0.25, -0.2) is 14.4 Å². The molecule has 20 heavy (non-hydrogen) atoms. The van der Waals surface area contributed by atoms with Crippen molar-refractivity contribution in [3.05, 3.63) is 34.9 Å². The molecule has 1 rings (SSSR count). The molecule has 1 aromatic rings. The maximum atomic E-state index is 11.7. The van der Waals surface area contributed by atoms with E-state index in [0.717, 1.165) is 0 Å². The van der Waals surface area contributed by atoms with Gasteiger partial charge in [0.1, 0.15) is 6.61 Å². The molecule has 0 spiro atoms. The lowest BCUT2D eigenvalue weighted by atomic mass is 10.1. The van der Waals surface area contributed by atoms with Crippen molar-refractivity contribution in [1.29, 1.82) is 0 Å². The second kappa shape index (κ2) is 7.46. The monoisotopic (exact) mass is 302 g/mol. The van der Waals surface area contributed by atoms with Crippen molar-refractivity contribution in [2.24, 2.45) is 0 Å². The third-order valence-electron chi connectivity index (χ3n) is 2.10. The lowest BCUT2D eigenvalue weighted by Crippen LogP contribution is -2.24. The number of aliphatic carboxylic acids is 2. The molecule has 0 radical (unpaired) electrons. The Morgan fingerprint density at radius 3 is 2.10 bits per heavy atom. The average molecular weight is 303 g/mol. The van der Waals surface area contributed by atoms with Crippen LogP contribution in [0.1, 0.15) is 11.7 Å². The highest BCUT2D eigenvalue weighted by Crippen LogP contribution is 2.21. The van der Waals surface area contributed by atoms with Gasteiger partial charge >= 0.3 is 17.9 Å². The van der Waals surface area contributed by atoms with Gasteiger partial charge in [-0.1, -0.05) is 23.7 Å². The van der Waals surface area contributed by atoms with E-state index in [4.69, 9.17) is 26.6 Å². The van der Waals surface area contributed by atoms with Crippen molar-refractivity contribution in [2.75, 3.05) is 13.2 Å². The van der Waals surface area contributed by atoms with Crippen LogP contribution in [-0.2, 0) is 23.9 Å². The van der Waals surface area contributed by atoms with Crippen molar-refractivity contribution >= 4 is 29.5 Å². The fraction of sp³-hybridized carbons (Fsp3) is 0.250. The minimum atomic E-state index is -1.33. The van der Waals surface area contributed by atoms with Gasteiger partial charge in [0, 0.05) is 5.02 Å². The number of rotatable bonds is 7. The van der Waals surface area contributed by atoms with Gasteiger partial charge in [0.15, 0.2) is 12.7 Å². The Hall–Kier alpha value is -2.12. The number of ether oxygens (including phenoxy) is 2. The van der Waals surface area contributed by atoms with Gasteiger partial charge in [0.2, 0.25) is 0 Å². The van der Waals surface area contributed by atoms with Crippen molar-refractivity contribution < 1.29 is 34.1 Å². The molecule has 0 aliphatic carbocycles. The number of hydrogen-bond acceptors (Lipinski definition) is 5. The summed E-state index contributed by atoms with van der Waals surface area (Å²) in [5, 5.41) is 17.4. The maximum Gasteiger partial charge on any atom is 0.341 e. The highest BCUT2D eigenvalue weighted by molar-refractivity contribution is 6.30. The highest BCUT2D eigenvalue weighted by Gasteiger charge is 2.24. The summed E-state index contributed by atoms with van der Waals surface area (Å²) in [5.74, 6) is -3.59. The van der Waals surface area contributed by atoms with Crippen molar-refractivity contribution in [3.8, 4) is 0 Å². The quantitative estimate of drug-likeness (QED) is 0.726. The molecule has 0 bridgehead atoms. The zero-order valence-corrected chi connectivity index (χ0v) is 10.9. The van der Waals surface area contributed by atoms with Gasteiger partial charge in [0.05, 0.1) is 0 Å². The van der Waals surface area contributed by atoms with Crippen LogP contribution >= 0.6 is 11.6 Å². The summed E-state index contributed by atoms with van der Waals surface area (Å²) in [6, 6.07) is 5.88. The molecule has 2 N–H and O–H groups in total. The van der Waals surface area contributed by atoms with Crippen molar-refractivity contribution in [1.82, 2.24) is 0 Å². The van der Waals surface area contributed by atoms with E-state index in [1.54, 1.807) is 0 Å². The average Bonchev–Trinajstić information content (AvgIpc) is 2.38. The van der Waals surface area contributed by atoms with Gasteiger partial charge < -0.3 is 19.7 Å². The van der Waals surface area contributed by atoms with E-state index in [-0.39, 0.29) is 0 Å². The van der Waals surface area contributed by atoms with E-state index in [0.29, 0.717) is 10.6 Å². The molecule has 108 valence electrons. The molecule has 0 saturated carbocycles. The largest absolute Gasteiger partial charge is 0.480 e. The number of hydrogen-bond donors (Lipinski definition) is 2. The third-order valence-corrected chi connectivity index (χ3v) is 2.35. The van der Waals surface area contributed by atoms with E-state index in [9.17, 15) is 14.4 Å². The topological polar surface area (TPSA) is 110 Å². The van der Waals surface area contributed by atoms with E-state index >= 15 is 0 Å². The molecule has 0 saturated heterocycles. The van der Waals surface area contributed by atoms with Crippen LogP contribution < -0.4 is 0 Å². The maximum absolute atomic E-state index is 11.7. The number of halogens is 1. The first-order valence-electron chi connectivity index (χ1n) is 5.37. The van der Waals surface area contributed by atoms with E-state index < -0.39 is 37.2 Å². The Balaban J connectivity index is 2.83. The fourth-order valence-corrected chi connectivity index (χ4v) is 1.43. The molecule has 0 aromatic heterocycles. The SMILES string of the molecule is O=C(O)COC(=O)[C@H](OCC(=O)O)c1ccc(Cl)cc1. The van der Waals surface area contributed by atoms with E-state index in [1.807, 2.05) is 0 Å². The molecule has 0 fully saturated rings. The van der Waals surface area contributed by atoms with Crippen molar-refractivity contribution in [2.45, 2.75) is 6.10 Å². The molecule has 0 aliphatic heterocycles. The van der Waals surface area contributed by atoms with Crippen LogP contribution in [0.4, 0.5) is 0 Å². The lowest BCUT2D eigenvalue weighted by molar-refractivity contribution is -0.167. The predicted octanol–water partition coefficient (Wildman–Crippen LogP) is 1.11. The Bertz CT molecular complexity index is 497. The summed E-state index contributed by atoms with van der Waals surface area (Å²) < 4.78 is 9.41. The van der Waals surface area contributed by atoms with Crippen LogP contribution in [0, 0.1) is 0 Å². The minimum Gasteiger partial charge on any atom is -0.480 e. The lowest BCUT2D eigenvalue weighted by Gasteiger charge is -2.15. The van der Waals surface area contributed by atoms with Crippen molar-refractivity contribution in [3.63, 3.8) is 0 Å². The molecule has 8 heteroatoms. The number of carbonyl (C=O) groups is 3. The molecule has 1 aromatic carbocycles. The van der Waals surface area contributed by atoms with Crippen LogP contribution in [0.3, 0.4) is 0 Å². The fourth-order valence-electron chi connectivity index (χ4n) is 1.30. The summed E-state index contributed by atoms with van der Waals surface area (Å²) in [7, 11) is 0. The second-order valence-corrected chi connectivity index (χ2v) is 4.07. The normalized spacial score (nSPS) is 11.7. The number of carboxylic acids is 2. The number of carboxylic acid groups (broad SMARTS) is 2. The Labute approximate surface area is 118 Å². The first-order valence-corrected chi connectivity index (χ1v) is 5.75. The van der Waals surface area contributed by atoms with Gasteiger partial charge in [0.25, 0.3) is 0 Å². The summed E-state index contributed by atoms with van der Waals surface area (Å²) in [6.07, 6.45) is -1.33. The molecule has 0 aliphatic rings. The first kappa shape index (κ1) is 15.9. The molecular weight excluding hydrogens is 292 g/mol. The second-order valence-electron chi connectivity index (χ2n) is 3.64. The molecule has 0 unspecified atom stereocenters. The van der Waals surface area contributed by atoms with E-state index in [1.165, 1.54) is 24.3 Å². The zero-order valence-electron chi connectivity index (χ0n) is 10.1. The van der Waals surface area contributed by atoms with Crippen LogP contribution in [0.15, 0.2) is 24.3 Å². The van der Waals surface area contributed by atoms with Gasteiger partial charge in [-0.15, -0.1) is 0 Å². The Kier molecular flexibility index (Phi) is 5.95. The smallest absolute Gasteiger partial charge is 0.341 e. The molecule has 0 heterocycles. The Morgan fingerprint density at radius 1 is 1.05 bits per heavy atom. The molecule has 7 nitrogen and oxygen atoms in total. The van der Waals surface area contributed by atoms with Gasteiger partial charge in [-0.2, -0.15) is 0 Å². The number of carbonyl (C=O) groups excluding carboxylic acids is 1. The predicted molar refractivity (Wildman–Crippen MR) is 66.4 cm³/mol. The highest BCUT2D eigenvalue weighted by atomic mass is 35.5. The third kappa shape index (κ3) is 5.25. The summed E-state index contributed by atoms with van der Waals surface area (Å²) in [6.45, 7) is -1.56. The summed E-state index contributed by atoms with van der Waals surface area (Å²) >= 11 is 5.70. The van der Waals surface area contributed by atoms with E-state index in [2.05, 4.69) is 4.74 Å². The van der Waals surface area contributed by atoms with Gasteiger partial charge in [-0.3, -0.25) is 0 Å². The van der Waals surface area contributed by atoms with Crippen LogP contribution in [0.2, 0.25) is 5.02 Å². The summed E-state index contributed by atoms with van der Waals surface area (Å²) in [5.41, 5.74) is 0.311. The van der Waals surface area contributed by atoms with Crippen LogP contribution in [0.5, 0.6) is 0 Å². The molecule has 0 amide bonds. The van der Waals surface area contributed by atoms with Gasteiger partial charge in [-0.05, 0) is 17.7 Å². The number of benzene rings is 1. The van der Waals surface area contributed by atoms with Crippen LogP contribution in [0.25, 0.3) is 0 Å².